The van der Waals surface area contributed by atoms with Crippen molar-refractivity contribution in [1.82, 2.24) is 24.1 Å². The Morgan fingerprint density at radius 2 is 1.93 bits per heavy atom. The first-order valence-electron chi connectivity index (χ1n) is 8.88. The van der Waals surface area contributed by atoms with Crippen LogP contribution < -0.4 is 0 Å². The maximum atomic E-state index is 10.9. The van der Waals surface area contributed by atoms with E-state index >= 15 is 0 Å². The zero-order valence-electron chi connectivity index (χ0n) is 15.1. The maximum Gasteiger partial charge on any atom is 0.325 e. The maximum absolute atomic E-state index is 10.9. The number of pyridine rings is 2. The topological polar surface area (TPSA) is 98.4 Å². The van der Waals surface area contributed by atoms with Gasteiger partial charge in [-0.2, -0.15) is 5.10 Å². The lowest BCUT2D eigenvalue weighted by Crippen LogP contribution is -2.08. The normalized spacial score (nSPS) is 11.2. The van der Waals surface area contributed by atoms with Crippen LogP contribution in [0.25, 0.3) is 39.3 Å². The molecule has 5 aromatic heterocycles. The summed E-state index contributed by atoms with van der Waals surface area (Å²) in [5, 5.41) is 13.0. The molecular formula is C21H15N5O3. The molecule has 0 aromatic carbocycles. The number of carboxylic acids is 1. The highest BCUT2D eigenvalue weighted by Crippen LogP contribution is 2.27. The van der Waals surface area contributed by atoms with E-state index in [4.69, 9.17) is 9.52 Å². The third-order valence-corrected chi connectivity index (χ3v) is 4.64. The van der Waals surface area contributed by atoms with Crippen molar-refractivity contribution in [3.8, 4) is 33.6 Å². The van der Waals surface area contributed by atoms with Crippen molar-refractivity contribution in [2.24, 2.45) is 0 Å². The van der Waals surface area contributed by atoms with Gasteiger partial charge in [-0.15, -0.1) is 0 Å². The zero-order chi connectivity index (χ0) is 19.8. The van der Waals surface area contributed by atoms with Gasteiger partial charge in [0.1, 0.15) is 12.2 Å². The highest BCUT2D eigenvalue weighted by molar-refractivity contribution is 5.72. The Bertz CT molecular complexity index is 1320. The standard InChI is InChI=1S/C21H15N5O3/c27-21(28)12-25-10-17(8-24-25)15-1-2-20-23-9-19(26(20)11-15)14-3-5-22-18(7-14)16-4-6-29-13-16/h1-11,13H,12H2,(H,27,28). The molecule has 0 amide bonds. The Hall–Kier alpha value is -4.20. The molecule has 1 N–H and O–H groups in total. The number of nitrogens with zero attached hydrogens (tertiary/aromatic N) is 5. The number of hydrogen-bond acceptors (Lipinski definition) is 5. The molecule has 8 nitrogen and oxygen atoms in total. The summed E-state index contributed by atoms with van der Waals surface area (Å²) in [5.41, 5.74) is 6.18. The van der Waals surface area contributed by atoms with Gasteiger partial charge < -0.3 is 9.52 Å². The molecule has 0 radical (unpaired) electrons. The van der Waals surface area contributed by atoms with Crippen molar-refractivity contribution in [3.05, 3.63) is 73.8 Å². The highest BCUT2D eigenvalue weighted by Gasteiger charge is 2.11. The molecule has 5 aromatic rings. The Morgan fingerprint density at radius 3 is 2.76 bits per heavy atom. The fraction of sp³-hybridized carbons (Fsp3) is 0.0476. The van der Waals surface area contributed by atoms with Gasteiger partial charge in [0.15, 0.2) is 0 Å². The minimum absolute atomic E-state index is 0.174. The fourth-order valence-corrected chi connectivity index (χ4v) is 3.26. The van der Waals surface area contributed by atoms with E-state index in [0.717, 1.165) is 39.3 Å². The third kappa shape index (κ3) is 3.16. The molecule has 0 aliphatic heterocycles. The van der Waals surface area contributed by atoms with E-state index in [1.165, 1.54) is 4.68 Å². The van der Waals surface area contributed by atoms with E-state index in [1.54, 1.807) is 31.1 Å². The minimum Gasteiger partial charge on any atom is -0.480 e. The van der Waals surface area contributed by atoms with Crippen LogP contribution in [-0.2, 0) is 11.3 Å². The predicted molar refractivity (Wildman–Crippen MR) is 105 cm³/mol. The lowest BCUT2D eigenvalue weighted by Gasteiger charge is -2.06. The lowest BCUT2D eigenvalue weighted by atomic mass is 10.1. The van der Waals surface area contributed by atoms with Crippen molar-refractivity contribution >= 4 is 11.6 Å². The lowest BCUT2D eigenvalue weighted by molar-refractivity contribution is -0.137. The van der Waals surface area contributed by atoms with Gasteiger partial charge in [-0.25, -0.2) is 4.98 Å². The van der Waals surface area contributed by atoms with Gasteiger partial charge in [-0.3, -0.25) is 18.9 Å². The fourth-order valence-electron chi connectivity index (χ4n) is 3.26. The highest BCUT2D eigenvalue weighted by atomic mass is 16.4. The Labute approximate surface area is 164 Å². The van der Waals surface area contributed by atoms with Crippen LogP contribution in [0.4, 0.5) is 0 Å². The number of hydrogen-bond donors (Lipinski definition) is 1. The van der Waals surface area contributed by atoms with E-state index in [1.807, 2.05) is 47.1 Å². The molecule has 5 heterocycles. The third-order valence-electron chi connectivity index (χ3n) is 4.64. The number of rotatable bonds is 5. The average Bonchev–Trinajstić information content (AvgIpc) is 3.47. The molecular weight excluding hydrogens is 370 g/mol. The van der Waals surface area contributed by atoms with Gasteiger partial charge in [0.05, 0.1) is 36.3 Å². The first-order chi connectivity index (χ1) is 14.2. The Balaban J connectivity index is 1.56. The molecule has 0 saturated heterocycles. The summed E-state index contributed by atoms with van der Waals surface area (Å²) < 4.78 is 8.56. The molecule has 29 heavy (non-hydrogen) atoms. The van der Waals surface area contributed by atoms with Crippen molar-refractivity contribution in [2.75, 3.05) is 0 Å². The Morgan fingerprint density at radius 1 is 1.00 bits per heavy atom. The van der Waals surface area contributed by atoms with Gasteiger partial charge in [-0.05, 0) is 30.3 Å². The monoisotopic (exact) mass is 385 g/mol. The second-order valence-electron chi connectivity index (χ2n) is 6.55. The molecule has 5 rings (SSSR count). The molecule has 142 valence electrons. The largest absolute Gasteiger partial charge is 0.480 e. The van der Waals surface area contributed by atoms with Crippen LogP contribution in [0, 0.1) is 0 Å². The van der Waals surface area contributed by atoms with Crippen molar-refractivity contribution in [2.45, 2.75) is 6.54 Å². The van der Waals surface area contributed by atoms with Crippen LogP contribution in [0.5, 0.6) is 0 Å². The first-order valence-corrected chi connectivity index (χ1v) is 8.88. The molecule has 0 saturated carbocycles. The van der Waals surface area contributed by atoms with Gasteiger partial charge >= 0.3 is 5.97 Å². The van der Waals surface area contributed by atoms with Crippen LogP contribution in [0.3, 0.4) is 0 Å². The summed E-state index contributed by atoms with van der Waals surface area (Å²) in [4.78, 5) is 19.8. The van der Waals surface area contributed by atoms with Crippen molar-refractivity contribution < 1.29 is 14.3 Å². The molecule has 0 unspecified atom stereocenters. The van der Waals surface area contributed by atoms with Gasteiger partial charge in [0.25, 0.3) is 0 Å². The number of fused-ring (bicyclic) bond motifs is 1. The summed E-state index contributed by atoms with van der Waals surface area (Å²) in [6.45, 7) is -0.174. The zero-order valence-corrected chi connectivity index (χ0v) is 15.1. The number of aliphatic carboxylic acids is 1. The number of carbonyl (C=O) groups is 1. The van der Waals surface area contributed by atoms with E-state index in [0.29, 0.717) is 0 Å². The molecule has 0 spiro atoms. The van der Waals surface area contributed by atoms with E-state index in [-0.39, 0.29) is 6.54 Å². The van der Waals surface area contributed by atoms with Crippen LogP contribution in [0.1, 0.15) is 0 Å². The SMILES string of the molecule is O=C(O)Cn1cc(-c2ccc3ncc(-c4ccnc(-c5ccoc5)c4)n3c2)cn1. The van der Waals surface area contributed by atoms with Crippen LogP contribution in [-0.4, -0.2) is 35.2 Å². The predicted octanol–water partition coefficient (Wildman–Crippen LogP) is 3.60. The summed E-state index contributed by atoms with van der Waals surface area (Å²) >= 11 is 0. The van der Waals surface area contributed by atoms with Crippen LogP contribution >= 0.6 is 0 Å². The number of aromatic nitrogens is 5. The second kappa shape index (κ2) is 6.75. The molecule has 0 fully saturated rings. The van der Waals surface area contributed by atoms with Gasteiger partial charge in [0, 0.05) is 40.8 Å². The molecule has 0 bridgehead atoms. The molecule has 0 atom stereocenters. The minimum atomic E-state index is -0.932. The second-order valence-corrected chi connectivity index (χ2v) is 6.55. The van der Waals surface area contributed by atoms with Gasteiger partial charge in [0.2, 0.25) is 0 Å². The summed E-state index contributed by atoms with van der Waals surface area (Å²) in [7, 11) is 0. The first kappa shape index (κ1) is 16.9. The van der Waals surface area contributed by atoms with Crippen molar-refractivity contribution in [3.63, 3.8) is 0 Å². The number of carboxylic acid groups (broad SMARTS) is 1. The number of imidazole rings is 1. The Kier molecular flexibility index (Phi) is 3.94. The smallest absolute Gasteiger partial charge is 0.325 e. The van der Waals surface area contributed by atoms with Crippen LogP contribution in [0.2, 0.25) is 0 Å². The molecule has 8 heteroatoms. The van der Waals surface area contributed by atoms with Crippen molar-refractivity contribution in [1.29, 1.82) is 0 Å². The summed E-state index contributed by atoms with van der Waals surface area (Å²) in [5.74, 6) is -0.932. The molecule has 0 aliphatic carbocycles. The van der Waals surface area contributed by atoms with E-state index in [2.05, 4.69) is 15.1 Å². The van der Waals surface area contributed by atoms with Crippen LogP contribution in [0.15, 0.2) is 78.3 Å². The number of furan rings is 1. The van der Waals surface area contributed by atoms with E-state index in [9.17, 15) is 4.79 Å². The van der Waals surface area contributed by atoms with Gasteiger partial charge in [-0.1, -0.05) is 0 Å². The molecule has 0 aliphatic rings. The quantitative estimate of drug-likeness (QED) is 0.496. The average molecular weight is 385 g/mol. The summed E-state index contributed by atoms with van der Waals surface area (Å²) in [6, 6.07) is 9.66. The van der Waals surface area contributed by atoms with E-state index < -0.39 is 5.97 Å². The summed E-state index contributed by atoms with van der Waals surface area (Å²) in [6.07, 6.45) is 12.2.